The second-order valence-electron chi connectivity index (χ2n) is 27.8. The summed E-state index contributed by atoms with van der Waals surface area (Å²) in [5.41, 5.74) is -12.3. The smallest absolute Gasteiger partial charge is 0.340 e. The van der Waals surface area contributed by atoms with Crippen molar-refractivity contribution in [3.05, 3.63) is 301 Å². The van der Waals surface area contributed by atoms with Crippen LogP contribution < -0.4 is 0 Å². The third-order valence-corrected chi connectivity index (χ3v) is 20.7. The fourth-order valence-corrected chi connectivity index (χ4v) is 11.7. The van der Waals surface area contributed by atoms with E-state index in [2.05, 4.69) is 71.6 Å². The number of aliphatic hydroxyl groups excluding tert-OH is 1. The average Bonchev–Trinajstić information content (AvgIpc) is 1.71. The van der Waals surface area contributed by atoms with E-state index in [-0.39, 0.29) is 91.9 Å². The number of rotatable bonds is 27. The van der Waals surface area contributed by atoms with Gasteiger partial charge in [0.25, 0.3) is 0 Å². The van der Waals surface area contributed by atoms with Crippen LogP contribution in [0.4, 0.5) is 106 Å². The zero-order valence-corrected chi connectivity index (χ0v) is 78.1. The number of carbonyl (C=O) groups is 9. The van der Waals surface area contributed by atoms with Crippen LogP contribution in [0.1, 0.15) is 132 Å². The Balaban J connectivity index is 0.00000158. The molecular formula is C86H86Br2F15N7O32. The summed E-state index contributed by atoms with van der Waals surface area (Å²) in [6.07, 6.45) is 6.68. The minimum Gasteiger partial charge on any atom is -0.469 e. The van der Waals surface area contributed by atoms with Crippen LogP contribution in [0, 0.1) is 158 Å². The predicted octanol–water partition coefficient (Wildman–Crippen LogP) is 17.9. The first-order valence-corrected chi connectivity index (χ1v) is 41.7. The van der Waals surface area contributed by atoms with Crippen molar-refractivity contribution in [1.82, 2.24) is 0 Å². The van der Waals surface area contributed by atoms with Gasteiger partial charge in [0.05, 0.1) is 125 Å². The molecule has 4 fully saturated rings. The molecule has 0 bridgehead atoms. The molecule has 0 radical (unpaired) electrons. The Morgan fingerprint density at radius 2 is 0.704 bits per heavy atom. The number of allylic oxidation sites excluding steroid dienone is 1. The number of carbonyl (C=O) groups excluding carboxylic acids is 9. The van der Waals surface area contributed by atoms with E-state index in [1.807, 2.05) is 13.8 Å². The van der Waals surface area contributed by atoms with Crippen LogP contribution in [-0.2, 0) is 109 Å². The number of nitro benzene ring substituents is 7. The minimum absolute atomic E-state index is 0. The van der Waals surface area contributed by atoms with Crippen molar-refractivity contribution >= 4 is 126 Å². The van der Waals surface area contributed by atoms with Gasteiger partial charge >= 0.3 is 87.6 Å². The van der Waals surface area contributed by atoms with E-state index in [0.717, 1.165) is 81.6 Å². The molecule has 0 heterocycles. The predicted molar refractivity (Wildman–Crippen MR) is 469 cm³/mol. The summed E-state index contributed by atoms with van der Waals surface area (Å²) < 4.78 is 231. The van der Waals surface area contributed by atoms with Gasteiger partial charge in [-0.05, 0) is 102 Å². The standard InChI is InChI=1S/C14H13F2NO4.C11H9F2NO6.C11H9F2NO4.C10H9F2NO3.C10H7F2NO3.C9H7F2NO4.C6H2F3NO2.C5H8O4.C5H8O2.C2H4Br2.C2H6.CH4/c1-2-21-12(18)3-4-14(5-6-14)10-7-9(15)8-11(16)13(10)17(19)20;1-19-10(15)8(11(16)20-2)6-3-5(12)4-7(13)9(6)14(17)18;1-18-10(15)11(2-3-11)7-4-6(12)5-8(13)9(7)14(16)17;2*11-6-3-7(10(5-14)1-2-10)9(13(15)16)8(12)4-6;1-16-8(13)3-5-2-6(10)4-7(11)9(5)12(14)15;7-3-1-4(8)6(10(11)12)5(9)2-3;1-8-4(6)3-5(7)9-2;1-3-5(6)7-4-2;3-1-2-4;1-2;/h3-4,7-8H,2,5-6H2,1H3;3-4,8H,1-2H3;4-5H,2-3H2,1H3;3-4,14H,1-2,5H2;3-5H,1-2H2;2,4H,3H2,1H3;1-2H;3H2,1-2H3;3H,1,4H2,2H3;1-2H2;1-2H3;1H4/b4-3+;;;;;;;;;;;. The Hall–Kier alpha value is -14.9. The molecule has 142 heavy (non-hydrogen) atoms. The normalized spacial score (nSPS) is 12.8. The van der Waals surface area contributed by atoms with Gasteiger partial charge in [-0.2, -0.15) is 35.1 Å². The van der Waals surface area contributed by atoms with E-state index in [1.165, 1.54) is 20.3 Å². The third-order valence-electron chi connectivity index (χ3n) is 18.8. The summed E-state index contributed by atoms with van der Waals surface area (Å²) in [4.78, 5) is 166. The molecule has 0 aliphatic heterocycles. The molecule has 0 aromatic heterocycles. The summed E-state index contributed by atoms with van der Waals surface area (Å²) in [6, 6.07) is 7.81. The molecule has 56 heteroatoms. The van der Waals surface area contributed by atoms with Gasteiger partial charge in [0.1, 0.15) is 53.4 Å². The fourth-order valence-electron chi connectivity index (χ4n) is 11.7. The minimum atomic E-state index is -1.95. The van der Waals surface area contributed by atoms with Crippen LogP contribution in [0.25, 0.3) is 0 Å². The van der Waals surface area contributed by atoms with E-state index >= 15 is 0 Å². The molecule has 0 spiro atoms. The molecule has 39 nitrogen and oxygen atoms in total. The first-order chi connectivity index (χ1) is 66.0. The zero-order chi connectivity index (χ0) is 108. The number of nitrogens with zero attached hydrogens (tertiary/aromatic N) is 7. The highest BCUT2D eigenvalue weighted by Gasteiger charge is 2.57. The van der Waals surface area contributed by atoms with Crippen molar-refractivity contribution in [2.75, 3.05) is 73.1 Å². The van der Waals surface area contributed by atoms with Gasteiger partial charge in [0.15, 0.2) is 5.92 Å². The van der Waals surface area contributed by atoms with Gasteiger partial charge in [0.2, 0.25) is 46.5 Å². The quantitative estimate of drug-likeness (QED) is 0.00575. The maximum atomic E-state index is 13.6. The molecule has 0 amide bonds. The molecule has 4 aliphatic rings. The lowest BCUT2D eigenvalue weighted by Gasteiger charge is -2.13. The zero-order valence-electron chi connectivity index (χ0n) is 74.9. The summed E-state index contributed by atoms with van der Waals surface area (Å²) in [5.74, 6) is -25.8. The number of aldehydes is 1. The summed E-state index contributed by atoms with van der Waals surface area (Å²) in [7, 11) is 6.46. The van der Waals surface area contributed by atoms with Crippen molar-refractivity contribution in [1.29, 1.82) is 0 Å². The van der Waals surface area contributed by atoms with Crippen molar-refractivity contribution in [2.45, 2.75) is 127 Å². The van der Waals surface area contributed by atoms with Crippen molar-refractivity contribution in [3.8, 4) is 0 Å². The molecule has 11 rings (SSSR count). The van der Waals surface area contributed by atoms with Crippen LogP contribution >= 0.6 is 31.9 Å². The summed E-state index contributed by atoms with van der Waals surface area (Å²) in [5, 5.41) is 85.7. The molecule has 7 aromatic carbocycles. The third kappa shape index (κ3) is 37.0. The number of aliphatic hydroxyl groups is 1. The van der Waals surface area contributed by atoms with Crippen molar-refractivity contribution < 1.29 is 186 Å². The number of hydrogen-bond donors (Lipinski definition) is 1. The first kappa shape index (κ1) is 127. The SMILES string of the molecule is BrCCBr.C.C=CC(=O)OCC.CC.CCOC(=O)/C=C/C1(c2cc(F)cc(F)c2[N+](=O)[O-])CC1.COC(=O)C(C(=O)OC)c1cc(F)cc(F)c1[N+](=O)[O-].COC(=O)C1(c2cc(F)cc(F)c2[N+](=O)[O-])CC1.COC(=O)CC(=O)OC.COC(=O)Cc1cc(F)cc(F)c1[N+](=O)[O-].O=CC1(c2cc(F)cc(F)c2[N+](=O)[O-])CC1.O=[N+]([O-])c1c(F)cc(F)cc1C1(CO)CC1.O=[N+]([O-])c1c(F)cc(F)cc1F. The van der Waals surface area contributed by atoms with Gasteiger partial charge in [-0.25, -0.2) is 40.3 Å². The Bertz CT molecular complexity index is 5760. The second kappa shape index (κ2) is 59.5. The molecule has 4 aliphatic carbocycles. The van der Waals surface area contributed by atoms with E-state index in [4.69, 9.17) is 9.84 Å². The van der Waals surface area contributed by atoms with E-state index in [0.29, 0.717) is 87.8 Å². The molecule has 0 saturated heterocycles. The van der Waals surface area contributed by atoms with Gasteiger partial charge in [-0.1, -0.05) is 65.8 Å². The van der Waals surface area contributed by atoms with Gasteiger partial charge in [-0.15, -0.1) is 0 Å². The molecule has 0 unspecified atom stereocenters. The number of benzene rings is 7. The number of nitro groups is 7. The van der Waals surface area contributed by atoms with Crippen LogP contribution in [0.2, 0.25) is 0 Å². The van der Waals surface area contributed by atoms with E-state index in [9.17, 15) is 180 Å². The van der Waals surface area contributed by atoms with E-state index < -0.39 is 243 Å². The number of esters is 8. The molecular weight excluding hydrogens is 2090 g/mol. The van der Waals surface area contributed by atoms with Gasteiger partial charge < -0.3 is 47.8 Å². The van der Waals surface area contributed by atoms with Crippen LogP contribution in [0.3, 0.4) is 0 Å². The average molecular weight is 2170 g/mol. The Labute approximate surface area is 809 Å². The highest BCUT2D eigenvalue weighted by atomic mass is 79.9. The van der Waals surface area contributed by atoms with E-state index in [1.54, 1.807) is 13.8 Å². The van der Waals surface area contributed by atoms with Gasteiger partial charge in [-0.3, -0.25) is 99.6 Å². The topological polar surface area (TPSA) is 550 Å². The number of halogens is 17. The summed E-state index contributed by atoms with van der Waals surface area (Å²) >= 11 is 6.40. The van der Waals surface area contributed by atoms with Crippen LogP contribution in [0.15, 0.2) is 110 Å². The molecule has 776 valence electrons. The maximum absolute atomic E-state index is 13.6. The lowest BCUT2D eigenvalue weighted by atomic mass is 9.93. The van der Waals surface area contributed by atoms with Crippen molar-refractivity contribution in [3.63, 3.8) is 0 Å². The molecule has 0 atom stereocenters. The maximum Gasteiger partial charge on any atom is 0.340 e. The number of alkyl halides is 2. The molecule has 4 saturated carbocycles. The van der Waals surface area contributed by atoms with Crippen LogP contribution in [-0.4, -0.2) is 167 Å². The second-order valence-corrected chi connectivity index (χ2v) is 29.4. The largest absolute Gasteiger partial charge is 0.469 e. The monoisotopic (exact) mass is 2170 g/mol. The molecule has 7 aromatic rings. The van der Waals surface area contributed by atoms with Crippen LogP contribution in [0.5, 0.6) is 0 Å². The Kier molecular flexibility index (Phi) is 53.3. The lowest BCUT2D eigenvalue weighted by Crippen LogP contribution is -2.25. The summed E-state index contributed by atoms with van der Waals surface area (Å²) in [6.45, 7) is 10.9. The first-order valence-electron chi connectivity index (χ1n) is 39.4. The number of hydrogen-bond acceptors (Lipinski definition) is 32. The fraction of sp³-hybridized carbons (Fsp3) is 0.360. The van der Waals surface area contributed by atoms with Gasteiger partial charge in [0, 0.05) is 104 Å². The van der Waals surface area contributed by atoms with Crippen molar-refractivity contribution in [2.24, 2.45) is 0 Å². The lowest BCUT2D eigenvalue weighted by molar-refractivity contribution is -0.390. The molecule has 1 N–H and O–H groups in total. The number of methoxy groups -OCH3 is 6. The Morgan fingerprint density at radius 3 is 1.00 bits per heavy atom. The highest BCUT2D eigenvalue weighted by Crippen LogP contribution is 2.56. The number of ether oxygens (including phenoxy) is 8. The highest BCUT2D eigenvalue weighted by molar-refractivity contribution is 9.11. The Morgan fingerprint density at radius 1 is 0.401 bits per heavy atom.